The molecule has 0 unspecified atom stereocenters. The van der Waals surface area contributed by atoms with Crippen molar-refractivity contribution < 1.29 is 19.0 Å². The van der Waals surface area contributed by atoms with Crippen LogP contribution in [0.2, 0.25) is 0 Å². The number of hydrogen-bond donors (Lipinski definition) is 1. The molecule has 4 aromatic rings. The molecule has 0 aliphatic carbocycles. The van der Waals surface area contributed by atoms with Gasteiger partial charge in [0, 0.05) is 16.8 Å². The van der Waals surface area contributed by atoms with Gasteiger partial charge in [0.2, 0.25) is 0 Å². The average Bonchev–Trinajstić information content (AvgIpc) is 2.86. The fourth-order valence-corrected chi connectivity index (χ4v) is 3.43. The lowest BCUT2D eigenvalue weighted by atomic mass is 10.1. The van der Waals surface area contributed by atoms with Crippen molar-refractivity contribution >= 4 is 11.6 Å². The van der Waals surface area contributed by atoms with Gasteiger partial charge in [-0.25, -0.2) is 0 Å². The quantitative estimate of drug-likeness (QED) is 0.314. The number of aryl methyl sites for hydroxylation is 2. The molecule has 0 aliphatic rings. The number of carbonyl (C=O) groups excluding carboxylic acids is 1. The Morgan fingerprint density at radius 1 is 0.765 bits per heavy atom. The Balaban J connectivity index is 1.42. The van der Waals surface area contributed by atoms with E-state index in [0.717, 1.165) is 22.6 Å². The standard InChI is InChI=1S/C29H27NO4/c1-20-9-13-27(17-21(20)2)33-19-23-18-22(10-16-28(23)32-3)29(31)30-24-11-14-26(15-12-24)34-25-7-5-4-6-8-25/h4-18H,19H2,1-3H3,(H,30,31). The van der Waals surface area contributed by atoms with E-state index in [2.05, 4.69) is 12.2 Å². The highest BCUT2D eigenvalue weighted by Crippen LogP contribution is 2.25. The van der Waals surface area contributed by atoms with Gasteiger partial charge in [0.25, 0.3) is 5.91 Å². The highest BCUT2D eigenvalue weighted by Gasteiger charge is 2.12. The van der Waals surface area contributed by atoms with Gasteiger partial charge in [-0.1, -0.05) is 24.3 Å². The largest absolute Gasteiger partial charge is 0.496 e. The van der Waals surface area contributed by atoms with Crippen molar-refractivity contribution in [2.45, 2.75) is 20.5 Å². The van der Waals surface area contributed by atoms with Crippen LogP contribution < -0.4 is 19.5 Å². The van der Waals surface area contributed by atoms with Crippen LogP contribution in [0.4, 0.5) is 5.69 Å². The predicted octanol–water partition coefficient (Wildman–Crippen LogP) is 6.94. The third-order valence-electron chi connectivity index (χ3n) is 5.51. The molecule has 0 aromatic heterocycles. The molecule has 34 heavy (non-hydrogen) atoms. The molecule has 172 valence electrons. The van der Waals surface area contributed by atoms with Gasteiger partial charge in [-0.05, 0) is 91.7 Å². The number of para-hydroxylation sites is 1. The van der Waals surface area contributed by atoms with Crippen molar-refractivity contribution in [3.8, 4) is 23.0 Å². The van der Waals surface area contributed by atoms with Gasteiger partial charge in [-0.2, -0.15) is 0 Å². The number of carbonyl (C=O) groups is 1. The molecule has 4 rings (SSSR count). The van der Waals surface area contributed by atoms with Crippen LogP contribution in [0, 0.1) is 13.8 Å². The first kappa shape index (κ1) is 22.9. The van der Waals surface area contributed by atoms with Gasteiger partial charge >= 0.3 is 0 Å². The van der Waals surface area contributed by atoms with Crippen LogP contribution in [0.25, 0.3) is 0 Å². The van der Waals surface area contributed by atoms with Crippen LogP contribution in [0.5, 0.6) is 23.0 Å². The molecule has 0 fully saturated rings. The lowest BCUT2D eigenvalue weighted by molar-refractivity contribution is 0.102. The summed E-state index contributed by atoms with van der Waals surface area (Å²) in [5.41, 5.74) is 4.36. The summed E-state index contributed by atoms with van der Waals surface area (Å²) < 4.78 is 17.2. The molecule has 5 heteroatoms. The Morgan fingerprint density at radius 3 is 2.18 bits per heavy atom. The Hall–Kier alpha value is -4.25. The molecule has 0 radical (unpaired) electrons. The van der Waals surface area contributed by atoms with Gasteiger partial charge in [-0.3, -0.25) is 4.79 Å². The highest BCUT2D eigenvalue weighted by molar-refractivity contribution is 6.04. The van der Waals surface area contributed by atoms with E-state index in [0.29, 0.717) is 22.7 Å². The second kappa shape index (κ2) is 10.6. The molecule has 0 saturated carbocycles. The smallest absolute Gasteiger partial charge is 0.255 e. The molecule has 1 amide bonds. The summed E-state index contributed by atoms with van der Waals surface area (Å²) in [4.78, 5) is 12.9. The second-order valence-corrected chi connectivity index (χ2v) is 7.95. The Labute approximate surface area is 199 Å². The van der Waals surface area contributed by atoms with E-state index in [1.807, 2.05) is 79.7 Å². The molecule has 1 N–H and O–H groups in total. The maximum absolute atomic E-state index is 12.9. The summed E-state index contributed by atoms with van der Waals surface area (Å²) >= 11 is 0. The van der Waals surface area contributed by atoms with Crippen molar-refractivity contribution in [1.29, 1.82) is 0 Å². The number of hydrogen-bond acceptors (Lipinski definition) is 4. The first-order valence-electron chi connectivity index (χ1n) is 11.0. The van der Waals surface area contributed by atoms with Crippen LogP contribution in [0.3, 0.4) is 0 Å². The third kappa shape index (κ3) is 5.75. The Bertz CT molecular complexity index is 1270. The third-order valence-corrected chi connectivity index (χ3v) is 5.51. The van der Waals surface area contributed by atoms with E-state index in [9.17, 15) is 4.79 Å². The van der Waals surface area contributed by atoms with Gasteiger partial charge < -0.3 is 19.5 Å². The SMILES string of the molecule is COc1ccc(C(=O)Nc2ccc(Oc3ccccc3)cc2)cc1COc1ccc(C)c(C)c1. The van der Waals surface area contributed by atoms with Crippen molar-refractivity contribution in [1.82, 2.24) is 0 Å². The number of ether oxygens (including phenoxy) is 3. The molecule has 5 nitrogen and oxygen atoms in total. The van der Waals surface area contributed by atoms with Crippen LogP contribution in [-0.2, 0) is 6.61 Å². The van der Waals surface area contributed by atoms with Crippen molar-refractivity contribution in [2.75, 3.05) is 12.4 Å². The maximum Gasteiger partial charge on any atom is 0.255 e. The Morgan fingerprint density at radius 2 is 1.47 bits per heavy atom. The molecular formula is C29H27NO4. The first-order chi connectivity index (χ1) is 16.5. The van der Waals surface area contributed by atoms with Gasteiger partial charge in [0.1, 0.15) is 29.6 Å². The van der Waals surface area contributed by atoms with Crippen LogP contribution in [0.15, 0.2) is 91.0 Å². The lowest BCUT2D eigenvalue weighted by Crippen LogP contribution is -2.12. The molecule has 0 atom stereocenters. The molecule has 0 aliphatic heterocycles. The normalized spacial score (nSPS) is 10.4. The van der Waals surface area contributed by atoms with Crippen LogP contribution >= 0.6 is 0 Å². The minimum absolute atomic E-state index is 0.216. The monoisotopic (exact) mass is 453 g/mol. The van der Waals surface area contributed by atoms with Crippen LogP contribution in [0.1, 0.15) is 27.0 Å². The summed E-state index contributed by atoms with van der Waals surface area (Å²) in [5, 5.41) is 2.93. The number of anilines is 1. The highest BCUT2D eigenvalue weighted by atomic mass is 16.5. The van der Waals surface area contributed by atoms with Gasteiger partial charge in [0.05, 0.1) is 7.11 Å². The van der Waals surface area contributed by atoms with E-state index < -0.39 is 0 Å². The van der Waals surface area contributed by atoms with E-state index in [1.165, 1.54) is 5.56 Å². The van der Waals surface area contributed by atoms with E-state index >= 15 is 0 Å². The lowest BCUT2D eigenvalue weighted by Gasteiger charge is -2.13. The van der Waals surface area contributed by atoms with Crippen molar-refractivity contribution in [3.63, 3.8) is 0 Å². The topological polar surface area (TPSA) is 56.8 Å². The minimum atomic E-state index is -0.216. The Kier molecular flexibility index (Phi) is 7.13. The number of amides is 1. The van der Waals surface area contributed by atoms with Crippen LogP contribution in [-0.4, -0.2) is 13.0 Å². The summed E-state index contributed by atoms with van der Waals surface area (Å²) in [6.07, 6.45) is 0. The molecule has 0 heterocycles. The molecular weight excluding hydrogens is 426 g/mol. The molecule has 4 aromatic carbocycles. The van der Waals surface area contributed by atoms with Gasteiger partial charge in [0.15, 0.2) is 0 Å². The summed E-state index contributed by atoms with van der Waals surface area (Å²) in [5.74, 6) is 2.68. The molecule has 0 bridgehead atoms. The average molecular weight is 454 g/mol. The fraction of sp³-hybridized carbons (Fsp3) is 0.138. The maximum atomic E-state index is 12.9. The first-order valence-corrected chi connectivity index (χ1v) is 11.0. The van der Waals surface area contributed by atoms with Gasteiger partial charge in [-0.15, -0.1) is 0 Å². The van der Waals surface area contributed by atoms with Crippen molar-refractivity contribution in [3.05, 3.63) is 113 Å². The summed E-state index contributed by atoms with van der Waals surface area (Å²) in [7, 11) is 1.60. The summed E-state index contributed by atoms with van der Waals surface area (Å²) in [6, 6.07) is 28.1. The van der Waals surface area contributed by atoms with E-state index in [1.54, 1.807) is 25.3 Å². The molecule has 0 spiro atoms. The zero-order valence-electron chi connectivity index (χ0n) is 19.5. The van der Waals surface area contributed by atoms with Crippen molar-refractivity contribution in [2.24, 2.45) is 0 Å². The second-order valence-electron chi connectivity index (χ2n) is 7.95. The predicted molar refractivity (Wildman–Crippen MR) is 134 cm³/mol. The zero-order chi connectivity index (χ0) is 23.9. The number of nitrogens with one attached hydrogen (secondary N) is 1. The fourth-order valence-electron chi connectivity index (χ4n) is 3.43. The number of benzene rings is 4. The zero-order valence-corrected chi connectivity index (χ0v) is 19.5. The minimum Gasteiger partial charge on any atom is -0.496 e. The number of rotatable bonds is 8. The van der Waals surface area contributed by atoms with E-state index in [4.69, 9.17) is 14.2 Å². The summed E-state index contributed by atoms with van der Waals surface area (Å²) in [6.45, 7) is 4.40. The van der Waals surface area contributed by atoms with E-state index in [-0.39, 0.29) is 12.5 Å². The molecule has 0 saturated heterocycles. The number of methoxy groups -OCH3 is 1.